The van der Waals surface area contributed by atoms with Crippen LogP contribution in [0.2, 0.25) is 0 Å². The van der Waals surface area contributed by atoms with E-state index in [4.69, 9.17) is 5.11 Å². The minimum atomic E-state index is -0.784. The molecule has 1 aliphatic carbocycles. The molecule has 0 bridgehead atoms. The Labute approximate surface area is 118 Å². The molecule has 106 valence electrons. The van der Waals surface area contributed by atoms with E-state index in [1.54, 1.807) is 4.90 Å². The van der Waals surface area contributed by atoms with Gasteiger partial charge in [-0.15, -0.1) is 0 Å². The summed E-state index contributed by atoms with van der Waals surface area (Å²) >= 11 is 0. The normalized spacial score (nSPS) is 22.0. The number of carbonyl (C=O) groups is 2. The van der Waals surface area contributed by atoms with Crippen molar-refractivity contribution in [2.75, 3.05) is 13.1 Å². The fourth-order valence-corrected chi connectivity index (χ4v) is 3.36. The van der Waals surface area contributed by atoms with Gasteiger partial charge in [0.05, 0.1) is 5.92 Å². The lowest BCUT2D eigenvalue weighted by Crippen LogP contribution is -2.31. The van der Waals surface area contributed by atoms with E-state index < -0.39 is 5.97 Å². The van der Waals surface area contributed by atoms with Crippen LogP contribution in [0, 0.1) is 11.8 Å². The van der Waals surface area contributed by atoms with Crippen molar-refractivity contribution in [2.45, 2.75) is 25.7 Å². The Morgan fingerprint density at radius 3 is 2.40 bits per heavy atom. The smallest absolute Gasteiger partial charge is 0.308 e. The van der Waals surface area contributed by atoms with E-state index in [0.29, 0.717) is 31.8 Å². The average molecular weight is 273 g/mol. The number of benzene rings is 1. The van der Waals surface area contributed by atoms with Crippen molar-refractivity contribution < 1.29 is 14.7 Å². The van der Waals surface area contributed by atoms with Crippen molar-refractivity contribution in [3.63, 3.8) is 0 Å². The van der Waals surface area contributed by atoms with Crippen LogP contribution in [0.4, 0.5) is 0 Å². The van der Waals surface area contributed by atoms with E-state index in [1.165, 1.54) is 11.1 Å². The summed E-state index contributed by atoms with van der Waals surface area (Å²) in [4.78, 5) is 24.9. The van der Waals surface area contributed by atoms with E-state index in [0.717, 1.165) is 12.8 Å². The van der Waals surface area contributed by atoms with Gasteiger partial charge in [0.1, 0.15) is 0 Å². The van der Waals surface area contributed by atoms with Crippen LogP contribution in [0.25, 0.3) is 0 Å². The van der Waals surface area contributed by atoms with Gasteiger partial charge < -0.3 is 10.0 Å². The molecule has 1 aromatic rings. The summed E-state index contributed by atoms with van der Waals surface area (Å²) < 4.78 is 0. The van der Waals surface area contributed by atoms with E-state index in [1.807, 2.05) is 12.1 Å². The average Bonchev–Trinajstić information content (AvgIpc) is 3.04. The number of carboxylic acids is 1. The maximum absolute atomic E-state index is 12.3. The zero-order chi connectivity index (χ0) is 14.1. The van der Waals surface area contributed by atoms with Gasteiger partial charge in [0.2, 0.25) is 5.91 Å². The third kappa shape index (κ3) is 2.55. The molecule has 1 aromatic carbocycles. The van der Waals surface area contributed by atoms with Crippen LogP contribution in [0.3, 0.4) is 0 Å². The van der Waals surface area contributed by atoms with Crippen molar-refractivity contribution in [1.82, 2.24) is 4.90 Å². The molecule has 0 aromatic heterocycles. The Balaban J connectivity index is 1.55. The fraction of sp³-hybridized carbons (Fsp3) is 0.500. The molecule has 2 aliphatic rings. The van der Waals surface area contributed by atoms with Gasteiger partial charge in [0, 0.05) is 19.5 Å². The molecule has 1 heterocycles. The minimum Gasteiger partial charge on any atom is -0.481 e. The van der Waals surface area contributed by atoms with Crippen molar-refractivity contribution in [3.8, 4) is 0 Å². The summed E-state index contributed by atoms with van der Waals surface area (Å²) in [6.45, 7) is 0.975. The van der Waals surface area contributed by atoms with Crippen LogP contribution in [0.15, 0.2) is 24.3 Å². The predicted molar refractivity (Wildman–Crippen MR) is 74.3 cm³/mol. The number of hydrogen-bond acceptors (Lipinski definition) is 2. The van der Waals surface area contributed by atoms with Crippen LogP contribution >= 0.6 is 0 Å². The molecule has 0 spiro atoms. The lowest BCUT2D eigenvalue weighted by molar-refractivity contribution is -0.141. The topological polar surface area (TPSA) is 57.6 Å². The van der Waals surface area contributed by atoms with Crippen molar-refractivity contribution >= 4 is 11.9 Å². The SMILES string of the molecule is O=C(O)C1CCN(C(=O)CC2Cc3ccccc3C2)C1. The van der Waals surface area contributed by atoms with Gasteiger partial charge >= 0.3 is 5.97 Å². The van der Waals surface area contributed by atoms with Crippen LogP contribution in [0.1, 0.15) is 24.0 Å². The highest BCUT2D eigenvalue weighted by Gasteiger charge is 2.32. The molecule has 4 heteroatoms. The Hall–Kier alpha value is -1.84. The second-order valence-corrected chi connectivity index (χ2v) is 5.91. The highest BCUT2D eigenvalue weighted by atomic mass is 16.4. The van der Waals surface area contributed by atoms with Gasteiger partial charge in [-0.25, -0.2) is 0 Å². The number of rotatable bonds is 3. The molecular weight excluding hydrogens is 254 g/mol. The molecule has 4 nitrogen and oxygen atoms in total. The first kappa shape index (κ1) is 13.2. The third-order valence-electron chi connectivity index (χ3n) is 4.49. The molecule has 1 unspecified atom stereocenters. The summed E-state index contributed by atoms with van der Waals surface area (Å²) in [6.07, 6.45) is 3.07. The predicted octanol–water partition coefficient (Wildman–Crippen LogP) is 1.72. The number of hydrogen-bond donors (Lipinski definition) is 1. The zero-order valence-electron chi connectivity index (χ0n) is 11.4. The lowest BCUT2D eigenvalue weighted by Gasteiger charge is -2.18. The number of likely N-dealkylation sites (tertiary alicyclic amines) is 1. The Bertz CT molecular complexity index is 515. The molecule has 1 amide bonds. The van der Waals surface area contributed by atoms with Crippen LogP contribution < -0.4 is 0 Å². The second-order valence-electron chi connectivity index (χ2n) is 5.91. The second kappa shape index (κ2) is 5.27. The highest BCUT2D eigenvalue weighted by Crippen LogP contribution is 2.29. The number of carboxylic acid groups (broad SMARTS) is 1. The monoisotopic (exact) mass is 273 g/mol. The first-order chi connectivity index (χ1) is 9.63. The van der Waals surface area contributed by atoms with E-state index in [9.17, 15) is 9.59 Å². The largest absolute Gasteiger partial charge is 0.481 e. The van der Waals surface area contributed by atoms with Gasteiger partial charge in [-0.05, 0) is 36.3 Å². The van der Waals surface area contributed by atoms with E-state index >= 15 is 0 Å². The van der Waals surface area contributed by atoms with Gasteiger partial charge in [-0.2, -0.15) is 0 Å². The lowest BCUT2D eigenvalue weighted by atomic mass is 10.0. The van der Waals surface area contributed by atoms with Crippen molar-refractivity contribution in [1.29, 1.82) is 0 Å². The molecule has 1 N–H and O–H groups in total. The fourth-order valence-electron chi connectivity index (χ4n) is 3.36. The number of aliphatic carboxylic acids is 1. The quantitative estimate of drug-likeness (QED) is 0.912. The summed E-state index contributed by atoms with van der Waals surface area (Å²) in [5.74, 6) is -0.663. The molecule has 3 rings (SSSR count). The molecular formula is C16H19NO3. The first-order valence-electron chi connectivity index (χ1n) is 7.21. The number of nitrogens with zero attached hydrogens (tertiary/aromatic N) is 1. The minimum absolute atomic E-state index is 0.117. The summed E-state index contributed by atoms with van der Waals surface area (Å²) in [6, 6.07) is 8.36. The number of amides is 1. The molecule has 0 radical (unpaired) electrons. The molecule has 1 fully saturated rings. The summed E-state index contributed by atoms with van der Waals surface area (Å²) in [7, 11) is 0. The molecule has 1 atom stereocenters. The van der Waals surface area contributed by atoms with Gasteiger partial charge in [-0.3, -0.25) is 9.59 Å². The summed E-state index contributed by atoms with van der Waals surface area (Å²) in [5, 5.41) is 8.98. The standard InChI is InChI=1S/C16H19NO3/c18-15(17-6-5-14(10-17)16(19)20)9-11-7-12-3-1-2-4-13(12)8-11/h1-4,11,14H,5-10H2,(H,19,20). The van der Waals surface area contributed by atoms with Crippen LogP contribution in [0.5, 0.6) is 0 Å². The van der Waals surface area contributed by atoms with E-state index in [-0.39, 0.29) is 11.8 Å². The Kier molecular flexibility index (Phi) is 3.47. The van der Waals surface area contributed by atoms with Gasteiger partial charge in [0.15, 0.2) is 0 Å². The third-order valence-corrected chi connectivity index (χ3v) is 4.49. The van der Waals surface area contributed by atoms with Crippen molar-refractivity contribution in [3.05, 3.63) is 35.4 Å². The molecule has 20 heavy (non-hydrogen) atoms. The molecule has 0 saturated carbocycles. The molecule has 1 aliphatic heterocycles. The zero-order valence-corrected chi connectivity index (χ0v) is 11.4. The Morgan fingerprint density at radius 2 is 1.85 bits per heavy atom. The summed E-state index contributed by atoms with van der Waals surface area (Å²) in [5.41, 5.74) is 2.71. The maximum atomic E-state index is 12.3. The number of fused-ring (bicyclic) bond motifs is 1. The maximum Gasteiger partial charge on any atom is 0.308 e. The Morgan fingerprint density at radius 1 is 1.20 bits per heavy atom. The molecule has 1 saturated heterocycles. The van der Waals surface area contributed by atoms with Crippen molar-refractivity contribution in [2.24, 2.45) is 11.8 Å². The van der Waals surface area contributed by atoms with Gasteiger partial charge in [-0.1, -0.05) is 24.3 Å². The van der Waals surface area contributed by atoms with E-state index in [2.05, 4.69) is 12.1 Å². The first-order valence-corrected chi connectivity index (χ1v) is 7.21. The van der Waals surface area contributed by atoms with Gasteiger partial charge in [0.25, 0.3) is 0 Å². The highest BCUT2D eigenvalue weighted by molar-refractivity contribution is 5.79. The van der Waals surface area contributed by atoms with Crippen LogP contribution in [-0.4, -0.2) is 35.0 Å². The number of carbonyl (C=O) groups excluding carboxylic acids is 1. The van der Waals surface area contributed by atoms with Crippen LogP contribution in [-0.2, 0) is 22.4 Å².